The quantitative estimate of drug-likeness (QED) is 0.257. The van der Waals surface area contributed by atoms with Gasteiger partial charge in [-0.1, -0.05) is 47.9 Å². The molecule has 1 saturated heterocycles. The van der Waals surface area contributed by atoms with E-state index in [4.69, 9.17) is 4.74 Å². The van der Waals surface area contributed by atoms with E-state index in [0.717, 1.165) is 5.75 Å². The fourth-order valence-corrected chi connectivity index (χ4v) is 5.52. The summed E-state index contributed by atoms with van der Waals surface area (Å²) in [5, 5.41) is 18.9. The summed E-state index contributed by atoms with van der Waals surface area (Å²) < 4.78 is 5.46. The lowest BCUT2D eigenvalue weighted by molar-refractivity contribution is -0.151. The number of carbonyl (C=O) groups excluding carboxylic acids is 4. The van der Waals surface area contributed by atoms with Crippen molar-refractivity contribution < 1.29 is 29.0 Å². The number of hydrogen-bond donors (Lipinski definition) is 4. The zero-order valence-electron chi connectivity index (χ0n) is 18.7. The van der Waals surface area contributed by atoms with Crippen LogP contribution in [0, 0.1) is 5.92 Å². The highest BCUT2D eigenvalue weighted by molar-refractivity contribution is 8.76. The Morgan fingerprint density at radius 1 is 1.12 bits per heavy atom. The normalized spacial score (nSPS) is 33.3. The molecule has 2 aliphatic rings. The molecule has 0 aromatic carbocycles. The van der Waals surface area contributed by atoms with Crippen molar-refractivity contribution in [3.05, 3.63) is 12.2 Å². The molecule has 0 spiro atoms. The fraction of sp³-hybridized carbons (Fsp3) is 0.714. The molecule has 9 nitrogen and oxygen atoms in total. The van der Waals surface area contributed by atoms with Gasteiger partial charge in [0.05, 0.1) is 25.0 Å². The second kappa shape index (κ2) is 13.1. The maximum absolute atomic E-state index is 13.1. The smallest absolute Gasteiger partial charge is 0.309 e. The van der Waals surface area contributed by atoms with Crippen molar-refractivity contribution in [1.29, 1.82) is 0 Å². The zero-order valence-corrected chi connectivity index (χ0v) is 20.3. The van der Waals surface area contributed by atoms with Gasteiger partial charge < -0.3 is 25.8 Å². The minimum atomic E-state index is -1.17. The van der Waals surface area contributed by atoms with E-state index >= 15 is 0 Å². The number of esters is 1. The molecule has 0 aromatic rings. The first kappa shape index (κ1) is 26.5. The Morgan fingerprint density at radius 3 is 2.59 bits per heavy atom. The largest absolute Gasteiger partial charge is 0.457 e. The molecule has 3 amide bonds. The molecule has 11 heteroatoms. The third kappa shape index (κ3) is 8.32. The van der Waals surface area contributed by atoms with Crippen LogP contribution in [0.2, 0.25) is 0 Å². The first-order chi connectivity index (χ1) is 15.2. The Labute approximate surface area is 196 Å². The standard InChI is InChI=1S/C21H33N3O6S2/c1-4-12(2)19-16(25)10-18(27)30-14-7-5-6-8-31-32-11-15(21(29)24-19)23-20(28)13(3)22-17(26)9-14/h5,7,12-16,19,25H,4,6,8-11H2,1-3H3,(H,22,26)(H,23,28)(H,24,29)/b7-5+/t12-,13?,14?,15?,16?,19?/m0/s1. The highest BCUT2D eigenvalue weighted by atomic mass is 33.1. The molecule has 5 unspecified atom stereocenters. The van der Waals surface area contributed by atoms with Gasteiger partial charge in [0, 0.05) is 11.5 Å². The molecular formula is C21H33N3O6S2. The van der Waals surface area contributed by atoms with Crippen molar-refractivity contribution in [3.8, 4) is 0 Å². The SMILES string of the molecule is CC[C@H](C)C1NC(=O)C2CSSCC/C=C/C(CC(=O)NC(C)C(=O)N2)OC(=O)CC1O. The molecule has 1 fully saturated rings. The van der Waals surface area contributed by atoms with Gasteiger partial charge in [0.1, 0.15) is 18.2 Å². The minimum absolute atomic E-state index is 0.118. The Morgan fingerprint density at radius 2 is 1.88 bits per heavy atom. The molecule has 4 N–H and O–H groups in total. The molecule has 0 aliphatic carbocycles. The number of ether oxygens (including phenoxy) is 1. The predicted octanol–water partition coefficient (Wildman–Crippen LogP) is 0.915. The van der Waals surface area contributed by atoms with E-state index in [9.17, 15) is 24.3 Å². The van der Waals surface area contributed by atoms with Crippen LogP contribution in [0.15, 0.2) is 12.2 Å². The van der Waals surface area contributed by atoms with Gasteiger partial charge >= 0.3 is 5.97 Å². The van der Waals surface area contributed by atoms with E-state index in [1.54, 1.807) is 16.9 Å². The lowest BCUT2D eigenvalue weighted by Gasteiger charge is -2.30. The third-order valence-electron chi connectivity index (χ3n) is 5.47. The molecule has 2 bridgehead atoms. The topological polar surface area (TPSA) is 134 Å². The number of aliphatic hydroxyl groups excluding tert-OH is 1. The Balaban J connectivity index is 2.43. The number of allylic oxidation sites excluding steroid dienone is 1. The molecule has 0 aromatic heterocycles. The van der Waals surface area contributed by atoms with Crippen molar-refractivity contribution in [2.45, 2.75) is 76.8 Å². The van der Waals surface area contributed by atoms with Gasteiger partial charge in [-0.25, -0.2) is 0 Å². The van der Waals surface area contributed by atoms with Gasteiger partial charge in [0.25, 0.3) is 0 Å². The van der Waals surface area contributed by atoms with Crippen LogP contribution >= 0.6 is 21.6 Å². The van der Waals surface area contributed by atoms with Crippen LogP contribution in [0.1, 0.15) is 46.5 Å². The van der Waals surface area contributed by atoms with Crippen molar-refractivity contribution in [3.63, 3.8) is 0 Å². The van der Waals surface area contributed by atoms with Gasteiger partial charge in [0.15, 0.2) is 0 Å². The van der Waals surface area contributed by atoms with Crippen molar-refractivity contribution in [2.75, 3.05) is 11.5 Å². The molecule has 2 heterocycles. The van der Waals surface area contributed by atoms with E-state index in [-0.39, 0.29) is 18.8 Å². The predicted molar refractivity (Wildman–Crippen MR) is 125 cm³/mol. The number of aliphatic hydroxyl groups is 1. The Kier molecular flexibility index (Phi) is 10.9. The van der Waals surface area contributed by atoms with Crippen molar-refractivity contribution in [1.82, 2.24) is 16.0 Å². The first-order valence-electron chi connectivity index (χ1n) is 10.9. The lowest BCUT2D eigenvalue weighted by atomic mass is 9.92. The fourth-order valence-electron chi connectivity index (χ4n) is 3.37. The molecule has 2 aliphatic heterocycles. The van der Waals surface area contributed by atoms with Gasteiger partial charge in [-0.15, -0.1) is 0 Å². The number of fused-ring (bicyclic) bond motifs is 7. The maximum atomic E-state index is 13.1. The van der Waals surface area contributed by atoms with Crippen LogP contribution in [0.5, 0.6) is 0 Å². The van der Waals surface area contributed by atoms with Gasteiger partial charge in [-0.3, -0.25) is 19.2 Å². The van der Waals surface area contributed by atoms with Crippen molar-refractivity contribution in [2.24, 2.45) is 5.92 Å². The lowest BCUT2D eigenvalue weighted by Crippen LogP contribution is -2.57. The summed E-state index contributed by atoms with van der Waals surface area (Å²) in [6.07, 6.45) is 2.41. The number of carbonyl (C=O) groups is 4. The molecule has 0 saturated carbocycles. The first-order valence-corrected chi connectivity index (χ1v) is 13.4. The molecular weight excluding hydrogens is 454 g/mol. The monoisotopic (exact) mass is 487 g/mol. The molecule has 0 radical (unpaired) electrons. The van der Waals surface area contributed by atoms with Crippen LogP contribution in [-0.2, 0) is 23.9 Å². The Bertz CT molecular complexity index is 720. The number of rotatable bonds is 2. The molecule has 2 rings (SSSR count). The van der Waals surface area contributed by atoms with Crippen LogP contribution in [-0.4, -0.2) is 70.6 Å². The van der Waals surface area contributed by atoms with Crippen LogP contribution in [0.4, 0.5) is 0 Å². The van der Waals surface area contributed by atoms with Gasteiger partial charge in [-0.2, -0.15) is 0 Å². The summed E-state index contributed by atoms with van der Waals surface area (Å²) in [5.74, 6) is -1.09. The van der Waals surface area contributed by atoms with Crippen LogP contribution < -0.4 is 16.0 Å². The summed E-state index contributed by atoms with van der Waals surface area (Å²) in [6, 6.07) is -2.42. The van der Waals surface area contributed by atoms with Crippen LogP contribution in [0.3, 0.4) is 0 Å². The summed E-state index contributed by atoms with van der Waals surface area (Å²) >= 11 is 0. The molecule has 180 valence electrons. The maximum Gasteiger partial charge on any atom is 0.309 e. The number of hydrogen-bond acceptors (Lipinski definition) is 8. The average molecular weight is 488 g/mol. The number of nitrogens with one attached hydrogen (secondary N) is 3. The summed E-state index contributed by atoms with van der Waals surface area (Å²) in [6.45, 7) is 5.33. The highest BCUT2D eigenvalue weighted by Gasteiger charge is 2.33. The second-order valence-corrected chi connectivity index (χ2v) is 10.7. The van der Waals surface area contributed by atoms with E-state index in [2.05, 4.69) is 16.0 Å². The second-order valence-electron chi connectivity index (χ2n) is 8.10. The summed E-state index contributed by atoms with van der Waals surface area (Å²) in [4.78, 5) is 50.7. The molecule has 32 heavy (non-hydrogen) atoms. The van der Waals surface area contributed by atoms with E-state index in [1.807, 2.05) is 19.9 Å². The molecule has 6 atom stereocenters. The third-order valence-corrected chi connectivity index (χ3v) is 7.91. The highest BCUT2D eigenvalue weighted by Crippen LogP contribution is 2.24. The minimum Gasteiger partial charge on any atom is -0.457 e. The van der Waals surface area contributed by atoms with Gasteiger partial charge in [-0.05, 0) is 25.3 Å². The van der Waals surface area contributed by atoms with E-state index < -0.39 is 54.0 Å². The zero-order chi connectivity index (χ0) is 23.7. The summed E-state index contributed by atoms with van der Waals surface area (Å²) in [7, 11) is 3.03. The van der Waals surface area contributed by atoms with E-state index in [0.29, 0.717) is 18.6 Å². The summed E-state index contributed by atoms with van der Waals surface area (Å²) in [5.41, 5.74) is 0. The number of amides is 3. The Hall–Kier alpha value is -1.72. The van der Waals surface area contributed by atoms with Gasteiger partial charge in [0.2, 0.25) is 17.7 Å². The van der Waals surface area contributed by atoms with Crippen LogP contribution in [0.25, 0.3) is 0 Å². The van der Waals surface area contributed by atoms with E-state index in [1.165, 1.54) is 17.7 Å². The van der Waals surface area contributed by atoms with Crippen molar-refractivity contribution >= 4 is 45.3 Å². The average Bonchev–Trinajstić information content (AvgIpc) is 2.73.